The van der Waals surface area contributed by atoms with Gasteiger partial charge < -0.3 is 5.32 Å². The monoisotopic (exact) mass is 429 g/mol. The molecule has 2 heterocycles. The normalized spacial score (nSPS) is 10.9. The summed E-state index contributed by atoms with van der Waals surface area (Å²) in [5, 5.41) is 8.19. The Kier molecular flexibility index (Phi) is 7.17. The average Bonchev–Trinajstić information content (AvgIpc) is 3.01. The quantitative estimate of drug-likeness (QED) is 0.495. The summed E-state index contributed by atoms with van der Waals surface area (Å²) in [6.07, 6.45) is 2.31. The molecule has 152 valence electrons. The van der Waals surface area contributed by atoms with Crippen LogP contribution in [0.5, 0.6) is 0 Å². The van der Waals surface area contributed by atoms with Crippen molar-refractivity contribution in [1.82, 2.24) is 19.3 Å². The average molecular weight is 430 g/mol. The van der Waals surface area contributed by atoms with Crippen molar-refractivity contribution in [2.24, 2.45) is 0 Å². The van der Waals surface area contributed by atoms with Crippen LogP contribution in [0.1, 0.15) is 31.9 Å². The van der Waals surface area contributed by atoms with E-state index in [1.54, 1.807) is 10.7 Å². The van der Waals surface area contributed by atoms with Crippen LogP contribution in [0.3, 0.4) is 0 Å². The van der Waals surface area contributed by atoms with E-state index in [-0.39, 0.29) is 12.3 Å². The number of carbonyl (C=O) groups is 1. The lowest BCUT2D eigenvalue weighted by molar-refractivity contribution is -0.116. The molecule has 29 heavy (non-hydrogen) atoms. The molecule has 0 spiro atoms. The van der Waals surface area contributed by atoms with Crippen molar-refractivity contribution in [2.45, 2.75) is 46.2 Å². The standard InChI is InChI=1S/C21H24ClN5OS/c1-3-4-13-26-20(16-8-10-17(22)11-9-16)25-27(21(26)29)14-12-19(28)24-18-7-5-6-15(2)23-18/h5-11H,3-4,12-14H2,1-2H3,(H,23,24,28). The summed E-state index contributed by atoms with van der Waals surface area (Å²) < 4.78 is 4.37. The van der Waals surface area contributed by atoms with Crippen LogP contribution >= 0.6 is 23.8 Å². The van der Waals surface area contributed by atoms with E-state index >= 15 is 0 Å². The van der Waals surface area contributed by atoms with Gasteiger partial charge in [-0.2, -0.15) is 5.10 Å². The molecule has 0 saturated heterocycles. The molecule has 0 aliphatic heterocycles. The molecule has 0 atom stereocenters. The van der Waals surface area contributed by atoms with Gasteiger partial charge in [0, 0.05) is 29.2 Å². The Morgan fingerprint density at radius 3 is 2.62 bits per heavy atom. The van der Waals surface area contributed by atoms with E-state index in [1.807, 2.05) is 47.9 Å². The van der Waals surface area contributed by atoms with Crippen LogP contribution in [-0.2, 0) is 17.9 Å². The predicted molar refractivity (Wildman–Crippen MR) is 119 cm³/mol. The Bertz CT molecular complexity index is 1040. The number of pyridine rings is 1. The Morgan fingerprint density at radius 1 is 1.17 bits per heavy atom. The van der Waals surface area contributed by atoms with Gasteiger partial charge in [-0.25, -0.2) is 9.67 Å². The van der Waals surface area contributed by atoms with Crippen molar-refractivity contribution in [3.8, 4) is 11.4 Å². The van der Waals surface area contributed by atoms with E-state index in [9.17, 15) is 4.79 Å². The molecule has 2 aromatic heterocycles. The molecule has 0 fully saturated rings. The van der Waals surface area contributed by atoms with Gasteiger partial charge in [0.2, 0.25) is 5.91 Å². The zero-order valence-electron chi connectivity index (χ0n) is 16.6. The number of unbranched alkanes of at least 4 members (excludes halogenated alkanes) is 1. The molecule has 1 N–H and O–H groups in total. The SMILES string of the molecule is CCCCn1c(-c2ccc(Cl)cc2)nn(CCC(=O)Nc2cccc(C)n2)c1=S. The molecule has 0 aliphatic rings. The minimum absolute atomic E-state index is 0.124. The van der Waals surface area contributed by atoms with Crippen LogP contribution in [0.2, 0.25) is 5.02 Å². The van der Waals surface area contributed by atoms with Crippen LogP contribution < -0.4 is 5.32 Å². The lowest BCUT2D eigenvalue weighted by Crippen LogP contribution is -2.16. The fourth-order valence-electron chi connectivity index (χ4n) is 2.94. The van der Waals surface area contributed by atoms with Crippen LogP contribution in [0.25, 0.3) is 11.4 Å². The molecule has 3 aromatic rings. The molecule has 3 rings (SSSR count). The molecule has 0 saturated carbocycles. The van der Waals surface area contributed by atoms with E-state index in [0.29, 0.717) is 22.2 Å². The van der Waals surface area contributed by atoms with Crippen molar-refractivity contribution in [1.29, 1.82) is 0 Å². The van der Waals surface area contributed by atoms with Gasteiger partial charge in [0.1, 0.15) is 5.82 Å². The molecular weight excluding hydrogens is 406 g/mol. The third kappa shape index (κ3) is 5.52. The van der Waals surface area contributed by atoms with Crippen molar-refractivity contribution < 1.29 is 4.79 Å². The highest BCUT2D eigenvalue weighted by Crippen LogP contribution is 2.21. The highest BCUT2D eigenvalue weighted by Gasteiger charge is 2.14. The number of halogens is 1. The van der Waals surface area contributed by atoms with E-state index in [4.69, 9.17) is 28.9 Å². The second kappa shape index (κ2) is 9.80. The van der Waals surface area contributed by atoms with E-state index in [2.05, 4.69) is 17.2 Å². The zero-order valence-corrected chi connectivity index (χ0v) is 18.1. The van der Waals surface area contributed by atoms with Crippen molar-refractivity contribution in [3.05, 3.63) is 58.0 Å². The number of aromatic nitrogens is 4. The number of nitrogens with zero attached hydrogens (tertiary/aromatic N) is 4. The summed E-state index contributed by atoms with van der Waals surface area (Å²) in [5.41, 5.74) is 1.80. The smallest absolute Gasteiger partial charge is 0.227 e. The molecule has 0 aliphatic carbocycles. The second-order valence-corrected chi connectivity index (χ2v) is 7.61. The van der Waals surface area contributed by atoms with Crippen molar-refractivity contribution in [2.75, 3.05) is 5.32 Å². The maximum Gasteiger partial charge on any atom is 0.227 e. The first-order chi connectivity index (χ1) is 14.0. The van der Waals surface area contributed by atoms with Gasteiger partial charge in [0.05, 0.1) is 6.54 Å². The Hall–Kier alpha value is -2.51. The number of hydrogen-bond donors (Lipinski definition) is 1. The third-order valence-electron chi connectivity index (χ3n) is 4.47. The van der Waals surface area contributed by atoms with Gasteiger partial charge >= 0.3 is 0 Å². The number of anilines is 1. The predicted octanol–water partition coefficient (Wildman–Crippen LogP) is 5.27. The third-order valence-corrected chi connectivity index (χ3v) is 5.15. The van der Waals surface area contributed by atoms with E-state index in [1.165, 1.54) is 0 Å². The summed E-state index contributed by atoms with van der Waals surface area (Å²) >= 11 is 11.7. The Balaban J connectivity index is 1.77. The first-order valence-electron chi connectivity index (χ1n) is 9.65. The number of carbonyl (C=O) groups excluding carboxylic acids is 1. The van der Waals surface area contributed by atoms with Crippen molar-refractivity contribution in [3.63, 3.8) is 0 Å². The maximum absolute atomic E-state index is 12.3. The molecule has 1 aromatic carbocycles. The molecule has 1 amide bonds. The van der Waals surface area contributed by atoms with Crippen LogP contribution in [0.15, 0.2) is 42.5 Å². The molecule has 0 bridgehead atoms. The van der Waals surface area contributed by atoms with Crippen LogP contribution in [0, 0.1) is 11.7 Å². The lowest BCUT2D eigenvalue weighted by Gasteiger charge is -2.06. The van der Waals surface area contributed by atoms with Gasteiger partial charge in [-0.3, -0.25) is 9.36 Å². The maximum atomic E-state index is 12.3. The second-order valence-electron chi connectivity index (χ2n) is 6.80. The largest absolute Gasteiger partial charge is 0.311 e. The number of aryl methyl sites for hydroxylation is 2. The number of benzene rings is 1. The first kappa shape index (κ1) is 21.2. The summed E-state index contributed by atoms with van der Waals surface area (Å²) in [7, 11) is 0. The van der Waals surface area contributed by atoms with E-state index in [0.717, 1.165) is 36.5 Å². The highest BCUT2D eigenvalue weighted by atomic mass is 35.5. The molecule has 6 nitrogen and oxygen atoms in total. The zero-order chi connectivity index (χ0) is 20.8. The summed E-state index contributed by atoms with van der Waals surface area (Å²) in [6, 6.07) is 13.1. The van der Waals surface area contributed by atoms with Gasteiger partial charge in [0.15, 0.2) is 10.6 Å². The van der Waals surface area contributed by atoms with Gasteiger partial charge in [-0.15, -0.1) is 0 Å². The molecule has 0 unspecified atom stereocenters. The Morgan fingerprint density at radius 2 is 1.93 bits per heavy atom. The van der Waals surface area contributed by atoms with Gasteiger partial charge in [0.25, 0.3) is 0 Å². The topological polar surface area (TPSA) is 64.7 Å². The lowest BCUT2D eigenvalue weighted by atomic mass is 10.2. The number of rotatable bonds is 8. The molecule has 8 heteroatoms. The summed E-state index contributed by atoms with van der Waals surface area (Å²) in [4.78, 5) is 16.6. The first-order valence-corrected chi connectivity index (χ1v) is 10.4. The van der Waals surface area contributed by atoms with Crippen LogP contribution in [-0.4, -0.2) is 25.2 Å². The van der Waals surface area contributed by atoms with Crippen LogP contribution in [0.4, 0.5) is 5.82 Å². The minimum atomic E-state index is -0.124. The number of nitrogens with one attached hydrogen (secondary N) is 1. The molecule has 0 radical (unpaired) electrons. The number of hydrogen-bond acceptors (Lipinski definition) is 4. The fraction of sp³-hybridized carbons (Fsp3) is 0.333. The fourth-order valence-corrected chi connectivity index (χ4v) is 3.38. The Labute approximate surface area is 180 Å². The number of amides is 1. The summed E-state index contributed by atoms with van der Waals surface area (Å²) in [5.74, 6) is 1.22. The van der Waals surface area contributed by atoms with E-state index < -0.39 is 0 Å². The van der Waals surface area contributed by atoms with Crippen molar-refractivity contribution >= 4 is 35.5 Å². The van der Waals surface area contributed by atoms with Gasteiger partial charge in [-0.1, -0.05) is 31.0 Å². The highest BCUT2D eigenvalue weighted by molar-refractivity contribution is 7.71. The summed E-state index contributed by atoms with van der Waals surface area (Å²) in [6.45, 7) is 5.21. The molecular formula is C21H24ClN5OS. The van der Waals surface area contributed by atoms with Gasteiger partial charge in [-0.05, 0) is 62.0 Å². The minimum Gasteiger partial charge on any atom is -0.311 e.